The van der Waals surface area contributed by atoms with E-state index in [-0.39, 0.29) is 30.4 Å². The standard InChI is InChI=1S/C7H2BrF5O.Mg.2H/c8-3-1-4(9)6(5(10)2-3)14-7(11,12)13;;;/h1-2H;;;/q;+2;2*-1. The molecule has 0 unspecified atom stereocenters. The molecular formula is C7H4BrF5MgO. The van der Waals surface area contributed by atoms with Crippen LogP contribution in [0.4, 0.5) is 22.0 Å². The van der Waals surface area contributed by atoms with Crippen molar-refractivity contribution < 1.29 is 29.5 Å². The van der Waals surface area contributed by atoms with Crippen molar-refractivity contribution in [3.05, 3.63) is 28.2 Å². The molecule has 0 aliphatic heterocycles. The van der Waals surface area contributed by atoms with Gasteiger partial charge in [-0.3, -0.25) is 0 Å². The quantitative estimate of drug-likeness (QED) is 0.570. The molecule has 0 aromatic heterocycles. The molecule has 82 valence electrons. The molecule has 8 heteroatoms. The molecule has 1 aromatic carbocycles. The third kappa shape index (κ3) is 4.52. The Kier molecular flexibility index (Phi) is 5.28. The van der Waals surface area contributed by atoms with Gasteiger partial charge in [-0.1, -0.05) is 15.9 Å². The first-order chi connectivity index (χ1) is 6.29. The summed E-state index contributed by atoms with van der Waals surface area (Å²) in [6.07, 6.45) is -5.12. The summed E-state index contributed by atoms with van der Waals surface area (Å²) in [7, 11) is 0. The van der Waals surface area contributed by atoms with E-state index in [9.17, 15) is 22.0 Å². The smallest absolute Gasteiger partial charge is 1.00 e. The van der Waals surface area contributed by atoms with Gasteiger partial charge in [0.15, 0.2) is 11.6 Å². The molecule has 15 heavy (non-hydrogen) atoms. The van der Waals surface area contributed by atoms with E-state index in [1.54, 1.807) is 0 Å². The zero-order valence-electron chi connectivity index (χ0n) is 9.04. The third-order valence-corrected chi connectivity index (χ3v) is 1.64. The Morgan fingerprint density at radius 1 is 1.13 bits per heavy atom. The Labute approximate surface area is 109 Å². The van der Waals surface area contributed by atoms with E-state index in [4.69, 9.17) is 0 Å². The molecular weight excluding hydrogens is 299 g/mol. The van der Waals surface area contributed by atoms with Crippen molar-refractivity contribution in [1.29, 1.82) is 0 Å². The van der Waals surface area contributed by atoms with Gasteiger partial charge in [-0.2, -0.15) is 0 Å². The van der Waals surface area contributed by atoms with Crippen molar-refractivity contribution >= 4 is 39.0 Å². The Morgan fingerprint density at radius 3 is 1.87 bits per heavy atom. The number of alkyl halides is 3. The summed E-state index contributed by atoms with van der Waals surface area (Å²) < 4.78 is 63.5. The van der Waals surface area contributed by atoms with Gasteiger partial charge >= 0.3 is 29.4 Å². The fourth-order valence-electron chi connectivity index (χ4n) is 0.742. The molecule has 0 fully saturated rings. The van der Waals surface area contributed by atoms with Gasteiger partial charge in [0.25, 0.3) is 0 Å². The SMILES string of the molecule is Fc1cc(Br)cc(F)c1OC(F)(F)F.[H-].[H-].[Mg+2]. The molecule has 0 bridgehead atoms. The average Bonchev–Trinajstić information content (AvgIpc) is 1.95. The van der Waals surface area contributed by atoms with E-state index < -0.39 is 23.7 Å². The predicted octanol–water partition coefficient (Wildman–Crippen LogP) is 3.47. The van der Waals surface area contributed by atoms with E-state index in [1.807, 2.05) is 0 Å². The average molecular weight is 303 g/mol. The second-order valence-electron chi connectivity index (χ2n) is 2.25. The van der Waals surface area contributed by atoms with E-state index in [1.165, 1.54) is 0 Å². The van der Waals surface area contributed by atoms with E-state index in [0.717, 1.165) is 0 Å². The maximum Gasteiger partial charge on any atom is 2.00 e. The Bertz CT molecular complexity index is 340. The number of ether oxygens (including phenoxy) is 1. The van der Waals surface area contributed by atoms with Gasteiger partial charge in [-0.05, 0) is 12.1 Å². The van der Waals surface area contributed by atoms with Crippen molar-refractivity contribution in [1.82, 2.24) is 0 Å². The zero-order chi connectivity index (χ0) is 10.9. The second-order valence-corrected chi connectivity index (χ2v) is 3.16. The molecule has 0 radical (unpaired) electrons. The van der Waals surface area contributed by atoms with Crippen LogP contribution in [0.5, 0.6) is 5.75 Å². The minimum absolute atomic E-state index is 0. The first-order valence-electron chi connectivity index (χ1n) is 3.20. The molecule has 0 amide bonds. The van der Waals surface area contributed by atoms with Crippen molar-refractivity contribution in [2.75, 3.05) is 0 Å². The maximum absolute atomic E-state index is 12.7. The summed E-state index contributed by atoms with van der Waals surface area (Å²) in [4.78, 5) is 0. The molecule has 0 aliphatic rings. The molecule has 0 atom stereocenters. The van der Waals surface area contributed by atoms with Crippen LogP contribution in [-0.4, -0.2) is 29.4 Å². The maximum atomic E-state index is 12.7. The van der Waals surface area contributed by atoms with E-state index in [2.05, 4.69) is 20.7 Å². The van der Waals surface area contributed by atoms with Crippen LogP contribution in [0.1, 0.15) is 2.85 Å². The van der Waals surface area contributed by atoms with E-state index in [0.29, 0.717) is 12.1 Å². The Morgan fingerprint density at radius 2 is 1.53 bits per heavy atom. The van der Waals surface area contributed by atoms with Gasteiger partial charge in [0.1, 0.15) is 0 Å². The van der Waals surface area contributed by atoms with Crippen molar-refractivity contribution in [3.8, 4) is 5.75 Å². The Hall–Kier alpha value is -0.0838. The molecule has 0 saturated heterocycles. The summed E-state index contributed by atoms with van der Waals surface area (Å²) in [5.74, 6) is -4.30. The van der Waals surface area contributed by atoms with Crippen LogP contribution in [-0.2, 0) is 0 Å². The topological polar surface area (TPSA) is 9.23 Å². The molecule has 1 rings (SSSR count). The van der Waals surface area contributed by atoms with Gasteiger partial charge in [0.2, 0.25) is 5.75 Å². The number of hydrogen-bond acceptors (Lipinski definition) is 1. The molecule has 0 aliphatic carbocycles. The normalized spacial score (nSPS) is 10.8. The van der Waals surface area contributed by atoms with Gasteiger partial charge in [0, 0.05) is 4.47 Å². The van der Waals surface area contributed by atoms with Crippen LogP contribution in [0.3, 0.4) is 0 Å². The van der Waals surface area contributed by atoms with Crippen molar-refractivity contribution in [3.63, 3.8) is 0 Å². The van der Waals surface area contributed by atoms with Crippen molar-refractivity contribution in [2.45, 2.75) is 6.36 Å². The minimum atomic E-state index is -5.12. The first kappa shape index (κ1) is 14.9. The molecule has 0 heterocycles. The summed E-state index contributed by atoms with van der Waals surface area (Å²) in [5, 5.41) is 0. The zero-order valence-corrected chi connectivity index (χ0v) is 10.0. The van der Waals surface area contributed by atoms with Gasteiger partial charge < -0.3 is 7.59 Å². The number of halogens is 6. The molecule has 0 saturated carbocycles. The third-order valence-electron chi connectivity index (χ3n) is 1.18. The van der Waals surface area contributed by atoms with Crippen LogP contribution in [0.2, 0.25) is 0 Å². The fourth-order valence-corrected chi connectivity index (χ4v) is 1.14. The molecule has 1 nitrogen and oxygen atoms in total. The van der Waals surface area contributed by atoms with E-state index >= 15 is 0 Å². The predicted molar refractivity (Wildman–Crippen MR) is 48.7 cm³/mol. The van der Waals surface area contributed by atoms with Crippen LogP contribution in [0, 0.1) is 11.6 Å². The van der Waals surface area contributed by atoms with Crippen molar-refractivity contribution in [2.24, 2.45) is 0 Å². The summed E-state index contributed by atoms with van der Waals surface area (Å²) >= 11 is 2.71. The number of rotatable bonds is 1. The molecule has 0 spiro atoms. The largest absolute Gasteiger partial charge is 2.00 e. The Balaban J connectivity index is -0.000000653. The summed E-state index contributed by atoms with van der Waals surface area (Å²) in [5.41, 5.74) is 0. The van der Waals surface area contributed by atoms with Crippen LogP contribution < -0.4 is 4.74 Å². The minimum Gasteiger partial charge on any atom is -1.00 e. The monoisotopic (exact) mass is 302 g/mol. The number of hydrogen-bond donors (Lipinski definition) is 0. The fraction of sp³-hybridized carbons (Fsp3) is 0.143. The molecule has 0 N–H and O–H groups in total. The second kappa shape index (κ2) is 5.31. The molecule has 1 aromatic rings. The summed E-state index contributed by atoms with van der Waals surface area (Å²) in [6, 6.07) is 1.34. The van der Waals surface area contributed by atoms with Crippen LogP contribution >= 0.6 is 15.9 Å². The van der Waals surface area contributed by atoms with Gasteiger partial charge in [0.05, 0.1) is 0 Å². The van der Waals surface area contributed by atoms with Gasteiger partial charge in [-0.15, -0.1) is 13.2 Å². The van der Waals surface area contributed by atoms with Crippen LogP contribution in [0.15, 0.2) is 16.6 Å². The van der Waals surface area contributed by atoms with Crippen LogP contribution in [0.25, 0.3) is 0 Å². The van der Waals surface area contributed by atoms with Gasteiger partial charge in [-0.25, -0.2) is 8.78 Å². The number of benzene rings is 1. The summed E-state index contributed by atoms with van der Waals surface area (Å²) in [6.45, 7) is 0. The first-order valence-corrected chi connectivity index (χ1v) is 3.99.